The minimum absolute atomic E-state index is 0.180. The molecule has 3 nitrogen and oxygen atoms in total. The topological polar surface area (TPSA) is 66.5 Å². The predicted octanol–water partition coefficient (Wildman–Crippen LogP) is 3.49. The Kier molecular flexibility index (Phi) is 5.73. The molecule has 2 aromatic rings. The fourth-order valence-electron chi connectivity index (χ4n) is 1.62. The van der Waals surface area contributed by atoms with E-state index in [9.17, 15) is 0 Å². The lowest BCUT2D eigenvalue weighted by atomic mass is 10.1. The first-order valence-electron chi connectivity index (χ1n) is 6.42. The molecule has 0 heterocycles. The van der Waals surface area contributed by atoms with Crippen LogP contribution in [0.4, 0.5) is 5.69 Å². The summed E-state index contributed by atoms with van der Waals surface area (Å²) in [6.45, 7) is 4.06. The number of rotatable bonds is 2. The molecular weight excluding hydrogens is 238 g/mol. The third-order valence-electron chi connectivity index (χ3n) is 2.88. The molecule has 0 saturated carbocycles. The number of phenolic OH excluding ortho intramolecular Hbond substituents is 2. The summed E-state index contributed by atoms with van der Waals surface area (Å²) in [5.41, 5.74) is 7.95. The van der Waals surface area contributed by atoms with Crippen molar-refractivity contribution in [2.75, 3.05) is 5.73 Å². The molecular formula is C16H21NO2. The van der Waals surface area contributed by atoms with Crippen LogP contribution < -0.4 is 5.73 Å². The van der Waals surface area contributed by atoms with Gasteiger partial charge in [0.25, 0.3) is 0 Å². The van der Waals surface area contributed by atoms with Gasteiger partial charge in [0, 0.05) is 0 Å². The van der Waals surface area contributed by atoms with Gasteiger partial charge in [-0.25, -0.2) is 0 Å². The van der Waals surface area contributed by atoms with Crippen LogP contribution in [-0.4, -0.2) is 10.2 Å². The second-order valence-electron chi connectivity index (χ2n) is 4.23. The van der Waals surface area contributed by atoms with Crippen molar-refractivity contribution in [1.29, 1.82) is 0 Å². The van der Waals surface area contributed by atoms with Gasteiger partial charge in [0.2, 0.25) is 0 Å². The fourth-order valence-corrected chi connectivity index (χ4v) is 1.62. The number of benzene rings is 2. The monoisotopic (exact) mass is 259 g/mol. The molecule has 0 radical (unpaired) electrons. The minimum Gasteiger partial charge on any atom is -0.508 e. The van der Waals surface area contributed by atoms with Gasteiger partial charge in [0.15, 0.2) is 0 Å². The van der Waals surface area contributed by atoms with Crippen molar-refractivity contribution in [2.45, 2.75) is 26.7 Å². The Morgan fingerprint density at radius 2 is 1.58 bits per heavy atom. The molecule has 0 aliphatic heterocycles. The number of nitrogen functional groups attached to an aromatic ring is 1. The molecule has 0 aromatic heterocycles. The number of phenols is 2. The summed E-state index contributed by atoms with van der Waals surface area (Å²) in [4.78, 5) is 0. The molecule has 0 saturated heterocycles. The maximum Gasteiger partial charge on any atom is 0.138 e. The van der Waals surface area contributed by atoms with Gasteiger partial charge in [0.05, 0.1) is 5.69 Å². The number of aryl methyl sites for hydroxylation is 2. The average Bonchev–Trinajstić information content (AvgIpc) is 2.43. The van der Waals surface area contributed by atoms with E-state index in [4.69, 9.17) is 15.9 Å². The van der Waals surface area contributed by atoms with Crippen molar-refractivity contribution < 1.29 is 10.2 Å². The first kappa shape index (κ1) is 14.9. The van der Waals surface area contributed by atoms with E-state index in [1.807, 2.05) is 38.1 Å². The Hall–Kier alpha value is -2.16. The summed E-state index contributed by atoms with van der Waals surface area (Å²) in [5, 5.41) is 18.2. The van der Waals surface area contributed by atoms with Crippen LogP contribution in [0.15, 0.2) is 42.5 Å². The lowest BCUT2D eigenvalue weighted by Gasteiger charge is -1.99. The molecule has 0 bridgehead atoms. The Morgan fingerprint density at radius 3 is 2.05 bits per heavy atom. The highest BCUT2D eigenvalue weighted by Gasteiger charge is 1.95. The maximum absolute atomic E-state index is 9.11. The van der Waals surface area contributed by atoms with Crippen LogP contribution in [-0.2, 0) is 12.8 Å². The maximum atomic E-state index is 9.11. The van der Waals surface area contributed by atoms with Crippen LogP contribution in [0.1, 0.15) is 25.0 Å². The van der Waals surface area contributed by atoms with Crippen molar-refractivity contribution >= 4 is 5.69 Å². The van der Waals surface area contributed by atoms with Crippen LogP contribution in [0.2, 0.25) is 0 Å². The van der Waals surface area contributed by atoms with E-state index in [1.165, 1.54) is 0 Å². The lowest BCUT2D eigenvalue weighted by molar-refractivity contribution is 0.469. The lowest BCUT2D eigenvalue weighted by Crippen LogP contribution is -1.86. The van der Waals surface area contributed by atoms with Gasteiger partial charge in [-0.1, -0.05) is 38.1 Å². The number of hydrogen-bond acceptors (Lipinski definition) is 3. The molecule has 0 aliphatic carbocycles. The van der Waals surface area contributed by atoms with Crippen molar-refractivity contribution in [3.05, 3.63) is 53.6 Å². The zero-order valence-corrected chi connectivity index (χ0v) is 11.4. The van der Waals surface area contributed by atoms with E-state index in [1.54, 1.807) is 18.2 Å². The Morgan fingerprint density at radius 1 is 0.895 bits per heavy atom. The summed E-state index contributed by atoms with van der Waals surface area (Å²) in [7, 11) is 0. The quantitative estimate of drug-likeness (QED) is 0.571. The third kappa shape index (κ3) is 4.54. The number of para-hydroxylation sites is 1. The van der Waals surface area contributed by atoms with E-state index < -0.39 is 0 Å². The molecule has 102 valence electrons. The molecule has 3 heteroatoms. The van der Waals surface area contributed by atoms with Gasteiger partial charge >= 0.3 is 0 Å². The van der Waals surface area contributed by atoms with Crippen molar-refractivity contribution in [3.8, 4) is 11.5 Å². The van der Waals surface area contributed by atoms with E-state index in [0.717, 1.165) is 24.0 Å². The van der Waals surface area contributed by atoms with E-state index in [0.29, 0.717) is 11.4 Å². The number of aromatic hydroxyl groups is 2. The van der Waals surface area contributed by atoms with Crippen molar-refractivity contribution in [1.82, 2.24) is 0 Å². The molecule has 0 spiro atoms. The highest BCUT2D eigenvalue weighted by atomic mass is 16.3. The van der Waals surface area contributed by atoms with E-state index in [-0.39, 0.29) is 5.75 Å². The van der Waals surface area contributed by atoms with E-state index >= 15 is 0 Å². The Bertz CT molecular complexity index is 524. The molecule has 19 heavy (non-hydrogen) atoms. The van der Waals surface area contributed by atoms with Crippen molar-refractivity contribution in [3.63, 3.8) is 0 Å². The Balaban J connectivity index is 0.000000191. The van der Waals surface area contributed by atoms with Gasteiger partial charge in [-0.3, -0.25) is 0 Å². The molecule has 0 fully saturated rings. The number of hydrogen-bond donors (Lipinski definition) is 3. The van der Waals surface area contributed by atoms with Crippen LogP contribution in [0.5, 0.6) is 11.5 Å². The molecule has 2 aromatic carbocycles. The highest BCUT2D eigenvalue weighted by Crippen LogP contribution is 2.20. The zero-order chi connectivity index (χ0) is 14.3. The van der Waals surface area contributed by atoms with Gasteiger partial charge < -0.3 is 15.9 Å². The molecule has 2 rings (SSSR count). The molecule has 0 aliphatic rings. The second kappa shape index (κ2) is 7.31. The van der Waals surface area contributed by atoms with Crippen LogP contribution in [0.25, 0.3) is 0 Å². The van der Waals surface area contributed by atoms with Gasteiger partial charge in [0.1, 0.15) is 11.5 Å². The normalized spacial score (nSPS) is 9.58. The first-order chi connectivity index (χ1) is 9.08. The third-order valence-corrected chi connectivity index (χ3v) is 2.88. The van der Waals surface area contributed by atoms with Gasteiger partial charge in [-0.15, -0.1) is 0 Å². The van der Waals surface area contributed by atoms with Gasteiger partial charge in [-0.2, -0.15) is 0 Å². The summed E-state index contributed by atoms with van der Waals surface area (Å²) in [5.74, 6) is 0.583. The molecule has 0 atom stereocenters. The number of nitrogens with two attached hydrogens (primary N) is 1. The standard InChI is InChI=1S/C8H11NO.C8H10O/c1-2-6-3-4-7(9)8(10)5-6;1-2-7-5-3-4-6-8(7)9/h3-5,10H,2,9H2,1H3;3-6,9H,2H2,1H3. The summed E-state index contributed by atoms with van der Waals surface area (Å²) in [6.07, 6.45) is 1.82. The molecule has 0 amide bonds. The smallest absolute Gasteiger partial charge is 0.138 e. The van der Waals surface area contributed by atoms with Gasteiger partial charge in [-0.05, 0) is 42.2 Å². The van der Waals surface area contributed by atoms with Crippen LogP contribution in [0, 0.1) is 0 Å². The Labute approximate surface area is 114 Å². The minimum atomic E-state index is 0.180. The average molecular weight is 259 g/mol. The largest absolute Gasteiger partial charge is 0.508 e. The van der Waals surface area contributed by atoms with Crippen LogP contribution >= 0.6 is 0 Å². The zero-order valence-electron chi connectivity index (χ0n) is 11.4. The molecule has 0 unspecified atom stereocenters. The van der Waals surface area contributed by atoms with E-state index in [2.05, 4.69) is 0 Å². The number of anilines is 1. The molecule has 4 N–H and O–H groups in total. The van der Waals surface area contributed by atoms with Crippen LogP contribution in [0.3, 0.4) is 0 Å². The first-order valence-corrected chi connectivity index (χ1v) is 6.42. The summed E-state index contributed by atoms with van der Waals surface area (Å²) in [6, 6.07) is 12.7. The summed E-state index contributed by atoms with van der Waals surface area (Å²) >= 11 is 0. The predicted molar refractivity (Wildman–Crippen MR) is 79.4 cm³/mol. The highest BCUT2D eigenvalue weighted by molar-refractivity contribution is 5.52. The SMILES string of the molecule is CCc1ccc(N)c(O)c1.CCc1ccccc1O. The van der Waals surface area contributed by atoms with Crippen molar-refractivity contribution in [2.24, 2.45) is 0 Å². The summed E-state index contributed by atoms with van der Waals surface area (Å²) < 4.78 is 0. The second-order valence-corrected chi connectivity index (χ2v) is 4.23. The fraction of sp³-hybridized carbons (Fsp3) is 0.250.